The maximum atomic E-state index is 14.2. The van der Waals surface area contributed by atoms with E-state index in [0.717, 1.165) is 0 Å². The number of piperidine rings is 1. The number of nitrogens with zero attached hydrogens (tertiary/aromatic N) is 2. The van der Waals surface area contributed by atoms with Crippen molar-refractivity contribution in [1.29, 1.82) is 0 Å². The molecule has 2 fully saturated rings. The number of Topliss-reactive ketones (excluding diaryl/α,β-unsaturated/α-hetero) is 1. The maximum absolute atomic E-state index is 14.2. The van der Waals surface area contributed by atoms with Gasteiger partial charge < -0.3 is 35.8 Å². The number of likely N-dealkylation sites (tertiary alicyclic amines) is 1. The summed E-state index contributed by atoms with van der Waals surface area (Å²) in [4.78, 5) is 96.7. The normalized spacial score (nSPS) is 21.3. The Kier molecular flexibility index (Phi) is 12.9. The van der Waals surface area contributed by atoms with Gasteiger partial charge in [-0.1, -0.05) is 78.3 Å². The molecule has 1 heterocycles. The third kappa shape index (κ3) is 9.88. The van der Waals surface area contributed by atoms with Crippen molar-refractivity contribution in [2.24, 2.45) is 22.7 Å². The van der Waals surface area contributed by atoms with Crippen molar-refractivity contribution in [2.45, 2.75) is 118 Å². The number of carbonyl (C=O) groups excluding carboxylic acids is 7. The molecule has 1 saturated carbocycles. The summed E-state index contributed by atoms with van der Waals surface area (Å²) >= 11 is 0. The van der Waals surface area contributed by atoms with Crippen LogP contribution in [0.4, 0.5) is 4.79 Å². The average Bonchev–Trinajstić information content (AvgIpc) is 3.34. The lowest BCUT2D eigenvalue weighted by atomic mass is 9.85. The topological polar surface area (TPSA) is 183 Å². The Labute approximate surface area is 307 Å². The first-order valence-electron chi connectivity index (χ1n) is 17.9. The summed E-state index contributed by atoms with van der Waals surface area (Å²) in [5.41, 5.74) is -1.23. The largest absolute Gasteiger partial charge is 0.444 e. The summed E-state index contributed by atoms with van der Waals surface area (Å²) in [7, 11) is 3.12. The third-order valence-corrected chi connectivity index (χ3v) is 9.82. The summed E-state index contributed by atoms with van der Waals surface area (Å²) < 4.78 is 5.43. The second-order valence-electron chi connectivity index (χ2n) is 16.8. The minimum Gasteiger partial charge on any atom is -0.444 e. The Bertz CT molecular complexity index is 1530. The standard InChI is InChI=1S/C38H58N6O8/c1-13-17-24(28(45)32(48)39-21(2)30(46)41-26(33(49)43(11)12)22-18-15-14-16-19-22)40-31(47)27-25-23(38(25,9)10)20-44(27)34(50)29(36(3,4)5)42-35(51)52-37(6,7)8/h14-16,18-19,21,23-27,29H,13,17,20H2,1-12H3,(H,39,48)(H,40,47)(H,41,46)(H,42,51). The predicted molar refractivity (Wildman–Crippen MR) is 194 cm³/mol. The molecule has 7 unspecified atom stereocenters. The van der Waals surface area contributed by atoms with E-state index >= 15 is 0 Å². The molecule has 1 saturated heterocycles. The number of fused-ring (bicyclic) bond motifs is 1. The van der Waals surface area contributed by atoms with E-state index in [1.54, 1.807) is 92.9 Å². The van der Waals surface area contributed by atoms with E-state index in [0.29, 0.717) is 12.0 Å². The molecule has 0 aromatic heterocycles. The number of hydrogen-bond donors (Lipinski definition) is 4. The van der Waals surface area contributed by atoms with Gasteiger partial charge in [-0.15, -0.1) is 0 Å². The van der Waals surface area contributed by atoms with Crippen LogP contribution < -0.4 is 21.3 Å². The van der Waals surface area contributed by atoms with Crippen molar-refractivity contribution in [3.05, 3.63) is 35.9 Å². The molecule has 1 aromatic rings. The van der Waals surface area contributed by atoms with Crippen molar-refractivity contribution in [2.75, 3.05) is 20.6 Å². The molecular formula is C38H58N6O8. The first-order chi connectivity index (χ1) is 23.9. The number of carbonyl (C=O) groups is 7. The van der Waals surface area contributed by atoms with Crippen LogP contribution in [-0.4, -0.2) is 102 Å². The number of alkyl carbamates (subject to hydrolysis) is 1. The molecule has 0 radical (unpaired) electrons. The van der Waals surface area contributed by atoms with Crippen LogP contribution >= 0.6 is 0 Å². The summed E-state index contributed by atoms with van der Waals surface area (Å²) in [6, 6.07) is 3.24. The number of likely N-dealkylation sites (N-methyl/N-ethyl adjacent to an activating group) is 1. The van der Waals surface area contributed by atoms with Crippen LogP contribution in [-0.2, 0) is 33.5 Å². The first-order valence-corrected chi connectivity index (χ1v) is 17.9. The quantitative estimate of drug-likeness (QED) is 0.224. The molecule has 1 aliphatic heterocycles. The number of rotatable bonds is 13. The SMILES string of the molecule is CCCC(NC(=O)C1C2C(CN1C(=O)C(NC(=O)OC(C)(C)C)C(C)(C)C)C2(C)C)C(=O)C(=O)NC(C)C(=O)NC(C(=O)N(C)C)c1ccccc1. The summed E-state index contributed by atoms with van der Waals surface area (Å²) in [6.45, 7) is 18.1. The van der Waals surface area contributed by atoms with E-state index in [1.807, 2.05) is 13.8 Å². The lowest BCUT2D eigenvalue weighted by molar-refractivity contribution is -0.145. The highest BCUT2D eigenvalue weighted by Crippen LogP contribution is 2.65. The van der Waals surface area contributed by atoms with E-state index < -0.39 is 76.7 Å². The molecule has 14 heteroatoms. The number of ether oxygens (including phenoxy) is 1. The Balaban J connectivity index is 1.77. The van der Waals surface area contributed by atoms with Gasteiger partial charge in [0.25, 0.3) is 5.91 Å². The monoisotopic (exact) mass is 726 g/mol. The molecule has 4 N–H and O–H groups in total. The van der Waals surface area contributed by atoms with Crippen molar-refractivity contribution >= 4 is 41.4 Å². The van der Waals surface area contributed by atoms with Crippen LogP contribution in [0, 0.1) is 22.7 Å². The minimum atomic E-state index is -1.23. The molecule has 7 atom stereocenters. The predicted octanol–water partition coefficient (Wildman–Crippen LogP) is 2.71. The smallest absolute Gasteiger partial charge is 0.408 e. The zero-order valence-corrected chi connectivity index (χ0v) is 32.7. The lowest BCUT2D eigenvalue weighted by Crippen LogP contribution is -2.61. The highest BCUT2D eigenvalue weighted by Gasteiger charge is 2.70. The van der Waals surface area contributed by atoms with Crippen molar-refractivity contribution < 1.29 is 38.3 Å². The second-order valence-corrected chi connectivity index (χ2v) is 16.8. The molecule has 52 heavy (non-hydrogen) atoms. The van der Waals surface area contributed by atoms with Gasteiger partial charge in [-0.05, 0) is 62.3 Å². The van der Waals surface area contributed by atoms with Gasteiger partial charge in [-0.3, -0.25) is 28.8 Å². The Morgan fingerprint density at radius 1 is 0.923 bits per heavy atom. The average molecular weight is 727 g/mol. The molecule has 0 spiro atoms. The molecule has 14 nitrogen and oxygen atoms in total. The summed E-state index contributed by atoms with van der Waals surface area (Å²) in [6.07, 6.45) is -0.175. The van der Waals surface area contributed by atoms with E-state index in [-0.39, 0.29) is 36.1 Å². The van der Waals surface area contributed by atoms with Crippen molar-refractivity contribution in [3.63, 3.8) is 0 Å². The zero-order valence-electron chi connectivity index (χ0n) is 32.7. The summed E-state index contributed by atoms with van der Waals surface area (Å²) in [5, 5.41) is 10.5. The van der Waals surface area contributed by atoms with Crippen LogP contribution in [0.25, 0.3) is 0 Å². The second kappa shape index (κ2) is 16.0. The Morgan fingerprint density at radius 2 is 1.52 bits per heavy atom. The number of nitrogens with one attached hydrogen (secondary N) is 4. The fourth-order valence-corrected chi connectivity index (χ4v) is 6.82. The van der Waals surface area contributed by atoms with Gasteiger partial charge in [-0.2, -0.15) is 0 Å². The van der Waals surface area contributed by atoms with E-state index in [2.05, 4.69) is 21.3 Å². The van der Waals surface area contributed by atoms with E-state index in [1.165, 1.54) is 16.7 Å². The molecule has 288 valence electrons. The van der Waals surface area contributed by atoms with Crippen LogP contribution in [0.15, 0.2) is 30.3 Å². The fourth-order valence-electron chi connectivity index (χ4n) is 6.82. The Hall–Kier alpha value is -4.49. The van der Waals surface area contributed by atoms with Gasteiger partial charge in [0, 0.05) is 20.6 Å². The number of ketones is 1. The molecular weight excluding hydrogens is 668 g/mol. The first kappa shape index (κ1) is 41.9. The molecule has 0 bridgehead atoms. The number of hydrogen-bond acceptors (Lipinski definition) is 8. The van der Waals surface area contributed by atoms with Gasteiger partial charge in [0.05, 0.1) is 6.04 Å². The van der Waals surface area contributed by atoms with Crippen LogP contribution in [0.1, 0.15) is 93.7 Å². The van der Waals surface area contributed by atoms with Gasteiger partial charge in [-0.25, -0.2) is 4.79 Å². The van der Waals surface area contributed by atoms with Crippen LogP contribution in [0.5, 0.6) is 0 Å². The van der Waals surface area contributed by atoms with Gasteiger partial charge in [0.1, 0.15) is 29.8 Å². The van der Waals surface area contributed by atoms with E-state index in [9.17, 15) is 33.6 Å². The van der Waals surface area contributed by atoms with Gasteiger partial charge in [0.2, 0.25) is 29.4 Å². The molecule has 3 rings (SSSR count). The van der Waals surface area contributed by atoms with E-state index in [4.69, 9.17) is 4.74 Å². The minimum absolute atomic E-state index is 0.0245. The molecule has 2 aliphatic rings. The lowest BCUT2D eigenvalue weighted by Gasteiger charge is -2.38. The number of benzene rings is 1. The van der Waals surface area contributed by atoms with Crippen molar-refractivity contribution in [3.8, 4) is 0 Å². The third-order valence-electron chi connectivity index (χ3n) is 9.82. The zero-order chi connectivity index (χ0) is 39.5. The number of amides is 6. The molecule has 1 aliphatic carbocycles. The summed E-state index contributed by atoms with van der Waals surface area (Å²) in [5.74, 6) is -4.27. The fraction of sp³-hybridized carbons (Fsp3) is 0.658. The van der Waals surface area contributed by atoms with Gasteiger partial charge in [0.15, 0.2) is 0 Å². The molecule has 1 aromatic carbocycles. The van der Waals surface area contributed by atoms with Crippen LogP contribution in [0.3, 0.4) is 0 Å². The van der Waals surface area contributed by atoms with Gasteiger partial charge >= 0.3 is 6.09 Å². The van der Waals surface area contributed by atoms with Crippen LogP contribution in [0.2, 0.25) is 0 Å². The Morgan fingerprint density at radius 3 is 2.04 bits per heavy atom. The highest BCUT2D eigenvalue weighted by atomic mass is 16.6. The molecule has 6 amide bonds. The van der Waals surface area contributed by atoms with Crippen molar-refractivity contribution in [1.82, 2.24) is 31.1 Å². The maximum Gasteiger partial charge on any atom is 0.408 e. The highest BCUT2D eigenvalue weighted by molar-refractivity contribution is 6.38.